The van der Waals surface area contributed by atoms with E-state index in [1.165, 1.54) is 0 Å². The van der Waals surface area contributed by atoms with Crippen molar-refractivity contribution in [3.05, 3.63) is 18.2 Å². The van der Waals surface area contributed by atoms with Crippen molar-refractivity contribution in [1.82, 2.24) is 0 Å². The Kier molecular flexibility index (Phi) is 2.45. The number of anilines is 2. The summed E-state index contributed by atoms with van der Waals surface area (Å²) >= 11 is 0. The normalized spacial score (nSPS) is 20.1. The minimum Gasteiger partial charge on any atom is -0.491 e. The molecule has 76 valence electrons. The fourth-order valence-corrected chi connectivity index (χ4v) is 1.33. The van der Waals surface area contributed by atoms with E-state index in [1.807, 2.05) is 0 Å². The number of nitrogen functional groups attached to an aromatic ring is 2. The lowest BCUT2D eigenvalue weighted by Gasteiger charge is -2.26. The predicted octanol–water partition coefficient (Wildman–Crippen LogP) is 1.02. The molecule has 1 atom stereocenters. The molecule has 1 aromatic rings. The molecular formula is C10H14N2O2. The summed E-state index contributed by atoms with van der Waals surface area (Å²) in [5.74, 6) is 0.706. The highest BCUT2D eigenvalue weighted by molar-refractivity contribution is 5.56. The summed E-state index contributed by atoms with van der Waals surface area (Å²) in [6, 6.07) is 5.22. The number of hydrogen-bond donors (Lipinski definition) is 2. The number of benzene rings is 1. The Morgan fingerprint density at radius 2 is 1.93 bits per heavy atom. The van der Waals surface area contributed by atoms with Gasteiger partial charge in [0.1, 0.15) is 12.4 Å². The van der Waals surface area contributed by atoms with E-state index in [4.69, 9.17) is 20.9 Å². The summed E-state index contributed by atoms with van der Waals surface area (Å²) in [6.45, 7) is 1.41. The second-order valence-electron chi connectivity index (χ2n) is 3.43. The number of hydrogen-bond acceptors (Lipinski definition) is 4. The molecule has 2 rings (SSSR count). The van der Waals surface area contributed by atoms with Crippen molar-refractivity contribution in [3.8, 4) is 5.75 Å². The van der Waals surface area contributed by atoms with E-state index in [0.717, 1.165) is 13.0 Å². The van der Waals surface area contributed by atoms with Crippen molar-refractivity contribution in [2.24, 2.45) is 0 Å². The molecule has 1 unspecified atom stereocenters. The van der Waals surface area contributed by atoms with E-state index in [0.29, 0.717) is 23.7 Å². The molecule has 0 spiro atoms. The van der Waals surface area contributed by atoms with E-state index in [9.17, 15) is 0 Å². The third kappa shape index (κ3) is 2.09. The van der Waals surface area contributed by atoms with Crippen LogP contribution in [0.25, 0.3) is 0 Å². The van der Waals surface area contributed by atoms with Gasteiger partial charge in [-0.25, -0.2) is 0 Å². The van der Waals surface area contributed by atoms with Crippen LogP contribution in [0, 0.1) is 0 Å². The van der Waals surface area contributed by atoms with Gasteiger partial charge in [0.15, 0.2) is 0 Å². The molecule has 1 aliphatic rings. The summed E-state index contributed by atoms with van der Waals surface area (Å²) < 4.78 is 10.7. The first-order valence-electron chi connectivity index (χ1n) is 4.64. The van der Waals surface area contributed by atoms with Gasteiger partial charge >= 0.3 is 0 Å². The summed E-state index contributed by atoms with van der Waals surface area (Å²) in [7, 11) is 0. The Bertz CT molecular complexity index is 304. The largest absolute Gasteiger partial charge is 0.491 e. The number of ether oxygens (including phenoxy) is 2. The molecule has 1 aromatic carbocycles. The number of nitrogens with two attached hydrogens (primary N) is 2. The predicted molar refractivity (Wildman–Crippen MR) is 55.1 cm³/mol. The molecule has 1 heterocycles. The molecule has 1 saturated heterocycles. The monoisotopic (exact) mass is 194 g/mol. The van der Waals surface area contributed by atoms with Gasteiger partial charge in [0.2, 0.25) is 0 Å². The van der Waals surface area contributed by atoms with Crippen LogP contribution in [0.2, 0.25) is 0 Å². The molecule has 0 aliphatic carbocycles. The van der Waals surface area contributed by atoms with E-state index in [-0.39, 0.29) is 6.10 Å². The molecule has 1 aliphatic heterocycles. The van der Waals surface area contributed by atoms with Gasteiger partial charge in [-0.15, -0.1) is 0 Å². The Labute approximate surface area is 82.8 Å². The maximum atomic E-state index is 5.62. The van der Waals surface area contributed by atoms with E-state index >= 15 is 0 Å². The van der Waals surface area contributed by atoms with Crippen molar-refractivity contribution < 1.29 is 9.47 Å². The van der Waals surface area contributed by atoms with Gasteiger partial charge in [-0.3, -0.25) is 0 Å². The molecule has 4 heteroatoms. The van der Waals surface area contributed by atoms with Crippen LogP contribution in [0.3, 0.4) is 0 Å². The SMILES string of the molecule is Nc1cc(N)cc(OCC2CCO2)c1. The van der Waals surface area contributed by atoms with Crippen molar-refractivity contribution in [1.29, 1.82) is 0 Å². The highest BCUT2D eigenvalue weighted by Crippen LogP contribution is 2.21. The first kappa shape index (κ1) is 9.15. The van der Waals surface area contributed by atoms with Crippen LogP contribution in [-0.4, -0.2) is 19.3 Å². The second-order valence-corrected chi connectivity index (χ2v) is 3.43. The molecule has 0 aromatic heterocycles. The number of rotatable bonds is 3. The minimum absolute atomic E-state index is 0.234. The van der Waals surface area contributed by atoms with Gasteiger partial charge in [-0.1, -0.05) is 0 Å². The van der Waals surface area contributed by atoms with Gasteiger partial charge in [-0.2, -0.15) is 0 Å². The summed E-state index contributed by atoms with van der Waals surface area (Å²) in [5, 5.41) is 0. The maximum Gasteiger partial charge on any atom is 0.123 e. The standard InChI is InChI=1S/C10H14N2O2/c11-7-3-8(12)5-10(4-7)14-6-9-1-2-13-9/h3-5,9H,1-2,6,11-12H2. The van der Waals surface area contributed by atoms with Gasteiger partial charge in [0.05, 0.1) is 6.10 Å². The molecule has 0 saturated carbocycles. The lowest BCUT2D eigenvalue weighted by atomic mass is 10.2. The molecule has 4 nitrogen and oxygen atoms in total. The second kappa shape index (κ2) is 3.75. The lowest BCUT2D eigenvalue weighted by molar-refractivity contribution is -0.0720. The molecule has 0 bridgehead atoms. The van der Waals surface area contributed by atoms with Gasteiger partial charge in [-0.05, 0) is 6.07 Å². The molecular weight excluding hydrogens is 180 g/mol. The van der Waals surface area contributed by atoms with E-state index in [2.05, 4.69) is 0 Å². The van der Waals surface area contributed by atoms with E-state index < -0.39 is 0 Å². The van der Waals surface area contributed by atoms with Crippen molar-refractivity contribution in [2.45, 2.75) is 12.5 Å². The zero-order chi connectivity index (χ0) is 9.97. The zero-order valence-electron chi connectivity index (χ0n) is 7.90. The molecule has 0 radical (unpaired) electrons. The van der Waals surface area contributed by atoms with Gasteiger partial charge in [0.25, 0.3) is 0 Å². The third-order valence-corrected chi connectivity index (χ3v) is 2.18. The van der Waals surface area contributed by atoms with E-state index in [1.54, 1.807) is 18.2 Å². The van der Waals surface area contributed by atoms with Crippen LogP contribution in [0.15, 0.2) is 18.2 Å². The van der Waals surface area contributed by atoms with Crippen molar-refractivity contribution >= 4 is 11.4 Å². The minimum atomic E-state index is 0.234. The summed E-state index contributed by atoms with van der Waals surface area (Å²) in [5.41, 5.74) is 12.5. The average Bonchev–Trinajstić information content (AvgIpc) is 1.99. The van der Waals surface area contributed by atoms with Gasteiger partial charge < -0.3 is 20.9 Å². The van der Waals surface area contributed by atoms with Crippen LogP contribution in [0.5, 0.6) is 5.75 Å². The molecule has 1 fully saturated rings. The first-order chi connectivity index (χ1) is 6.74. The van der Waals surface area contributed by atoms with Crippen molar-refractivity contribution in [3.63, 3.8) is 0 Å². The lowest BCUT2D eigenvalue weighted by Crippen LogP contribution is -2.32. The highest BCUT2D eigenvalue weighted by Gasteiger charge is 2.18. The Morgan fingerprint density at radius 3 is 2.43 bits per heavy atom. The highest BCUT2D eigenvalue weighted by atomic mass is 16.5. The van der Waals surface area contributed by atoms with Crippen LogP contribution in [0.1, 0.15) is 6.42 Å². The smallest absolute Gasteiger partial charge is 0.123 e. The molecule has 0 amide bonds. The van der Waals surface area contributed by atoms with Crippen LogP contribution < -0.4 is 16.2 Å². The Balaban J connectivity index is 1.94. The summed E-state index contributed by atoms with van der Waals surface area (Å²) in [6.07, 6.45) is 1.30. The van der Waals surface area contributed by atoms with Crippen LogP contribution >= 0.6 is 0 Å². The fourth-order valence-electron chi connectivity index (χ4n) is 1.33. The zero-order valence-corrected chi connectivity index (χ0v) is 7.90. The first-order valence-corrected chi connectivity index (χ1v) is 4.64. The topological polar surface area (TPSA) is 70.5 Å². The molecule has 14 heavy (non-hydrogen) atoms. The maximum absolute atomic E-state index is 5.62. The Morgan fingerprint density at radius 1 is 1.29 bits per heavy atom. The Hall–Kier alpha value is -1.42. The van der Waals surface area contributed by atoms with Crippen LogP contribution in [0.4, 0.5) is 11.4 Å². The quantitative estimate of drug-likeness (QED) is 0.705. The molecule has 4 N–H and O–H groups in total. The van der Waals surface area contributed by atoms with Gasteiger partial charge in [0, 0.05) is 36.5 Å². The third-order valence-electron chi connectivity index (χ3n) is 2.18. The average molecular weight is 194 g/mol. The summed E-state index contributed by atoms with van der Waals surface area (Å²) in [4.78, 5) is 0. The van der Waals surface area contributed by atoms with Crippen molar-refractivity contribution in [2.75, 3.05) is 24.7 Å². The fraction of sp³-hybridized carbons (Fsp3) is 0.400. The van der Waals surface area contributed by atoms with Crippen LogP contribution in [-0.2, 0) is 4.74 Å².